The quantitative estimate of drug-likeness (QED) is 0.572. The van der Waals surface area contributed by atoms with Crippen molar-refractivity contribution >= 4 is 16.6 Å². The molecule has 0 aliphatic rings. The number of pyridine rings is 1. The molecule has 5 nitrogen and oxygen atoms in total. The van der Waals surface area contributed by atoms with Crippen LogP contribution in [-0.2, 0) is 6.54 Å². The minimum atomic E-state index is -0.0645. The maximum absolute atomic E-state index is 12.2. The van der Waals surface area contributed by atoms with Crippen molar-refractivity contribution in [2.24, 2.45) is 0 Å². The van der Waals surface area contributed by atoms with E-state index in [1.54, 1.807) is 16.7 Å². The molecular formula is C20H19N3O2. The molecule has 0 bridgehead atoms. The van der Waals surface area contributed by atoms with Crippen LogP contribution in [0.4, 0.5) is 0 Å². The van der Waals surface area contributed by atoms with Crippen LogP contribution in [0.15, 0.2) is 70.0 Å². The van der Waals surface area contributed by atoms with Crippen LogP contribution in [0.2, 0.25) is 0 Å². The number of hydrogen-bond donors (Lipinski definition) is 0. The number of benzene rings is 1. The van der Waals surface area contributed by atoms with E-state index in [0.717, 1.165) is 22.4 Å². The number of fused-ring (bicyclic) bond motifs is 2. The van der Waals surface area contributed by atoms with Crippen molar-refractivity contribution in [3.8, 4) is 0 Å². The van der Waals surface area contributed by atoms with Crippen molar-refractivity contribution in [3.63, 3.8) is 0 Å². The molecule has 0 saturated heterocycles. The van der Waals surface area contributed by atoms with Gasteiger partial charge in [-0.15, -0.1) is 0 Å². The zero-order chi connectivity index (χ0) is 17.4. The standard InChI is InChI=1S/C20H19N3O2/c1-14(18-11-15-7-3-4-8-17(15)25-18)22(2)13-16-12-20(24)23-10-6-5-9-19(23)21-16/h3-12,14H,13H2,1-2H3/t14-/m0/s1. The topological polar surface area (TPSA) is 50.8 Å². The molecule has 4 rings (SSSR count). The Morgan fingerprint density at radius 2 is 1.96 bits per heavy atom. The summed E-state index contributed by atoms with van der Waals surface area (Å²) >= 11 is 0. The van der Waals surface area contributed by atoms with Gasteiger partial charge in [-0.05, 0) is 38.2 Å². The number of nitrogens with zero attached hydrogens (tertiary/aromatic N) is 3. The minimum absolute atomic E-state index is 0.0645. The molecule has 25 heavy (non-hydrogen) atoms. The smallest absolute Gasteiger partial charge is 0.258 e. The summed E-state index contributed by atoms with van der Waals surface area (Å²) in [6, 6.07) is 17.3. The molecule has 4 aromatic rings. The average molecular weight is 333 g/mol. The molecular weight excluding hydrogens is 314 g/mol. The van der Waals surface area contributed by atoms with Crippen molar-refractivity contribution < 1.29 is 4.42 Å². The van der Waals surface area contributed by atoms with E-state index in [1.165, 1.54) is 0 Å². The SMILES string of the molecule is C[C@@H](c1cc2ccccc2o1)N(C)Cc1cc(=O)n2ccccc2n1. The fraction of sp³-hybridized carbons (Fsp3) is 0.200. The van der Waals surface area contributed by atoms with E-state index in [2.05, 4.69) is 22.9 Å². The van der Waals surface area contributed by atoms with Gasteiger partial charge in [0, 0.05) is 24.2 Å². The molecule has 0 aliphatic carbocycles. The highest BCUT2D eigenvalue weighted by Gasteiger charge is 2.17. The van der Waals surface area contributed by atoms with Gasteiger partial charge in [0.2, 0.25) is 0 Å². The maximum atomic E-state index is 12.2. The molecule has 0 radical (unpaired) electrons. The van der Waals surface area contributed by atoms with Crippen molar-refractivity contribution in [1.82, 2.24) is 14.3 Å². The zero-order valence-electron chi connectivity index (χ0n) is 14.2. The van der Waals surface area contributed by atoms with Gasteiger partial charge in [-0.3, -0.25) is 14.1 Å². The Morgan fingerprint density at radius 3 is 2.80 bits per heavy atom. The van der Waals surface area contributed by atoms with E-state index in [-0.39, 0.29) is 11.6 Å². The summed E-state index contributed by atoms with van der Waals surface area (Å²) in [7, 11) is 2.01. The molecule has 0 fully saturated rings. The first-order valence-electron chi connectivity index (χ1n) is 8.28. The molecule has 0 N–H and O–H groups in total. The van der Waals surface area contributed by atoms with Crippen LogP contribution in [0.3, 0.4) is 0 Å². The van der Waals surface area contributed by atoms with Gasteiger partial charge in [0.25, 0.3) is 5.56 Å². The summed E-state index contributed by atoms with van der Waals surface area (Å²) < 4.78 is 7.50. The Kier molecular flexibility index (Phi) is 3.86. The third kappa shape index (κ3) is 2.94. The minimum Gasteiger partial charge on any atom is -0.459 e. The van der Waals surface area contributed by atoms with Crippen LogP contribution >= 0.6 is 0 Å². The summed E-state index contributed by atoms with van der Waals surface area (Å²) in [6.07, 6.45) is 1.73. The summed E-state index contributed by atoms with van der Waals surface area (Å²) in [6.45, 7) is 2.66. The Morgan fingerprint density at radius 1 is 1.16 bits per heavy atom. The summed E-state index contributed by atoms with van der Waals surface area (Å²) in [4.78, 5) is 18.9. The fourth-order valence-electron chi connectivity index (χ4n) is 3.00. The van der Waals surface area contributed by atoms with Crippen molar-refractivity contribution in [2.75, 3.05) is 7.05 Å². The lowest BCUT2D eigenvalue weighted by atomic mass is 10.2. The highest BCUT2D eigenvalue weighted by Crippen LogP contribution is 2.27. The van der Waals surface area contributed by atoms with Gasteiger partial charge in [0.1, 0.15) is 17.0 Å². The monoisotopic (exact) mass is 333 g/mol. The largest absolute Gasteiger partial charge is 0.459 e. The maximum Gasteiger partial charge on any atom is 0.258 e. The van der Waals surface area contributed by atoms with E-state index >= 15 is 0 Å². The van der Waals surface area contributed by atoms with Crippen molar-refractivity contribution in [2.45, 2.75) is 19.5 Å². The van der Waals surface area contributed by atoms with E-state index in [0.29, 0.717) is 12.2 Å². The molecule has 0 saturated carbocycles. The third-order valence-electron chi connectivity index (χ3n) is 4.55. The van der Waals surface area contributed by atoms with Crippen LogP contribution in [0.25, 0.3) is 16.6 Å². The molecule has 3 aromatic heterocycles. The van der Waals surface area contributed by atoms with Crippen LogP contribution in [0.1, 0.15) is 24.4 Å². The van der Waals surface area contributed by atoms with Crippen molar-refractivity contribution in [1.29, 1.82) is 0 Å². The van der Waals surface area contributed by atoms with Crippen LogP contribution in [0, 0.1) is 0 Å². The molecule has 1 aromatic carbocycles. The number of furan rings is 1. The van der Waals surface area contributed by atoms with Gasteiger partial charge in [0.15, 0.2) is 0 Å². The van der Waals surface area contributed by atoms with Crippen LogP contribution in [-0.4, -0.2) is 21.3 Å². The van der Waals surface area contributed by atoms with E-state index in [9.17, 15) is 4.79 Å². The van der Waals surface area contributed by atoms with Gasteiger partial charge in [-0.25, -0.2) is 4.98 Å². The molecule has 3 heterocycles. The Hall–Kier alpha value is -2.92. The lowest BCUT2D eigenvalue weighted by Crippen LogP contribution is -2.24. The lowest BCUT2D eigenvalue weighted by molar-refractivity contribution is 0.224. The number of rotatable bonds is 4. The van der Waals surface area contributed by atoms with Gasteiger partial charge >= 0.3 is 0 Å². The predicted octanol–water partition coefficient (Wildman–Crippen LogP) is 3.63. The zero-order valence-corrected chi connectivity index (χ0v) is 14.2. The normalized spacial score (nSPS) is 12.9. The molecule has 0 unspecified atom stereocenters. The first kappa shape index (κ1) is 15.6. The highest BCUT2D eigenvalue weighted by molar-refractivity contribution is 5.77. The number of hydrogen-bond acceptors (Lipinski definition) is 4. The summed E-state index contributed by atoms with van der Waals surface area (Å²) in [5.74, 6) is 0.904. The lowest BCUT2D eigenvalue weighted by Gasteiger charge is -2.22. The van der Waals surface area contributed by atoms with Gasteiger partial charge in [0.05, 0.1) is 11.7 Å². The van der Waals surface area contributed by atoms with Gasteiger partial charge < -0.3 is 4.42 Å². The first-order chi connectivity index (χ1) is 12.1. The van der Waals surface area contributed by atoms with E-state index in [4.69, 9.17) is 4.42 Å². The third-order valence-corrected chi connectivity index (χ3v) is 4.55. The summed E-state index contributed by atoms with van der Waals surface area (Å²) in [5.41, 5.74) is 2.24. The van der Waals surface area contributed by atoms with Gasteiger partial charge in [-0.2, -0.15) is 0 Å². The Labute approximate surface area is 145 Å². The Balaban J connectivity index is 1.60. The molecule has 0 amide bonds. The van der Waals surface area contributed by atoms with Crippen LogP contribution in [0.5, 0.6) is 0 Å². The first-order valence-corrected chi connectivity index (χ1v) is 8.28. The second-order valence-electron chi connectivity index (χ2n) is 6.29. The molecule has 1 atom stereocenters. The second-order valence-corrected chi connectivity index (χ2v) is 6.29. The molecule has 0 spiro atoms. The second kappa shape index (κ2) is 6.18. The fourth-order valence-corrected chi connectivity index (χ4v) is 3.00. The molecule has 0 aliphatic heterocycles. The summed E-state index contributed by atoms with van der Waals surface area (Å²) in [5, 5.41) is 1.10. The Bertz CT molecular complexity index is 1060. The van der Waals surface area contributed by atoms with Crippen LogP contribution < -0.4 is 5.56 Å². The highest BCUT2D eigenvalue weighted by atomic mass is 16.3. The molecule has 126 valence electrons. The average Bonchev–Trinajstić information content (AvgIpc) is 3.05. The number of para-hydroxylation sites is 1. The van der Waals surface area contributed by atoms with Gasteiger partial charge in [-0.1, -0.05) is 24.3 Å². The predicted molar refractivity (Wildman–Crippen MR) is 97.6 cm³/mol. The van der Waals surface area contributed by atoms with E-state index < -0.39 is 0 Å². The molecule has 5 heteroatoms. The van der Waals surface area contributed by atoms with Crippen molar-refractivity contribution in [3.05, 3.63) is 82.6 Å². The number of aromatic nitrogens is 2. The van der Waals surface area contributed by atoms with E-state index in [1.807, 2.05) is 49.5 Å².